The van der Waals surface area contributed by atoms with Crippen LogP contribution in [0.2, 0.25) is 0 Å². The van der Waals surface area contributed by atoms with Crippen LogP contribution < -0.4 is 10.5 Å². The van der Waals surface area contributed by atoms with Gasteiger partial charge in [-0.1, -0.05) is 0 Å². The lowest BCUT2D eigenvalue weighted by molar-refractivity contribution is -0.123. The molecular formula is C28H27FN4O4. The number of ether oxygens (including phenoxy) is 1. The molecule has 0 saturated carbocycles. The second-order valence-corrected chi connectivity index (χ2v) is 9.98. The van der Waals surface area contributed by atoms with Crippen molar-refractivity contribution in [2.24, 2.45) is 12.8 Å². The molecule has 2 aromatic heterocycles. The van der Waals surface area contributed by atoms with Crippen LogP contribution in [0.5, 0.6) is 5.75 Å². The summed E-state index contributed by atoms with van der Waals surface area (Å²) in [5.41, 5.74) is 6.88. The van der Waals surface area contributed by atoms with E-state index in [1.165, 1.54) is 12.1 Å². The number of rotatable bonds is 7. The Labute approximate surface area is 212 Å². The SMILES string of the molecule is Cn1cnc2cc(C(=O)CC[C@](C)(O)c3cc4c(c(-c5ccc(F)cc5)n3)OC[C@]4(C)C(N)=O)ccc21. The van der Waals surface area contributed by atoms with Gasteiger partial charge in [-0.25, -0.2) is 14.4 Å². The highest BCUT2D eigenvalue weighted by Crippen LogP contribution is 2.46. The van der Waals surface area contributed by atoms with Crippen LogP contribution in [0, 0.1) is 5.82 Å². The van der Waals surface area contributed by atoms with E-state index in [2.05, 4.69) is 9.97 Å². The van der Waals surface area contributed by atoms with Crippen LogP contribution in [0.25, 0.3) is 22.3 Å². The van der Waals surface area contributed by atoms with E-state index in [1.807, 2.05) is 17.7 Å². The molecule has 0 aliphatic carbocycles. The van der Waals surface area contributed by atoms with Crippen molar-refractivity contribution in [3.8, 4) is 17.0 Å². The maximum absolute atomic E-state index is 13.6. The average Bonchev–Trinajstić information content (AvgIpc) is 3.43. The number of pyridine rings is 1. The third-order valence-electron chi connectivity index (χ3n) is 7.17. The zero-order chi connectivity index (χ0) is 26.5. The number of imidazole rings is 1. The molecule has 1 aliphatic rings. The predicted molar refractivity (Wildman–Crippen MR) is 136 cm³/mol. The normalized spacial score (nSPS) is 18.3. The van der Waals surface area contributed by atoms with Gasteiger partial charge in [-0.3, -0.25) is 9.59 Å². The van der Waals surface area contributed by atoms with E-state index in [9.17, 15) is 19.1 Å². The topological polar surface area (TPSA) is 120 Å². The van der Waals surface area contributed by atoms with E-state index < -0.39 is 22.7 Å². The molecule has 0 spiro atoms. The Bertz CT molecular complexity index is 1540. The molecule has 1 amide bonds. The summed E-state index contributed by atoms with van der Waals surface area (Å²) in [6.45, 7) is 3.27. The fourth-order valence-corrected chi connectivity index (χ4v) is 4.61. The van der Waals surface area contributed by atoms with Gasteiger partial charge in [-0.05, 0) is 68.8 Å². The number of aryl methyl sites for hydroxylation is 1. The standard InChI is InChI=1S/C28H27FN4O4/c1-27(26(30)35)14-37-25-19(27)13-23(32-24(25)16-4-7-18(29)8-5-16)28(2,36)11-10-22(34)17-6-9-21-20(12-17)31-15-33(21)3/h4-9,12-13,15,36H,10-11,14H2,1-3H3,(H2,30,35)/t27-,28-/m0/s1. The fraction of sp³-hybridized carbons (Fsp3) is 0.286. The van der Waals surface area contributed by atoms with E-state index in [1.54, 1.807) is 50.5 Å². The molecule has 2 aromatic carbocycles. The van der Waals surface area contributed by atoms with E-state index >= 15 is 0 Å². The van der Waals surface area contributed by atoms with Crippen molar-refractivity contribution in [2.75, 3.05) is 6.61 Å². The molecule has 5 rings (SSSR count). The lowest BCUT2D eigenvalue weighted by atomic mass is 9.81. The van der Waals surface area contributed by atoms with Gasteiger partial charge in [0.1, 0.15) is 34.9 Å². The number of nitrogens with zero attached hydrogens (tertiary/aromatic N) is 3. The van der Waals surface area contributed by atoms with Gasteiger partial charge in [0.15, 0.2) is 5.78 Å². The number of nitrogens with two attached hydrogens (primary N) is 1. The minimum absolute atomic E-state index is 0.0215. The zero-order valence-corrected chi connectivity index (χ0v) is 20.8. The summed E-state index contributed by atoms with van der Waals surface area (Å²) >= 11 is 0. The number of fused-ring (bicyclic) bond motifs is 2. The highest BCUT2D eigenvalue weighted by molar-refractivity contribution is 5.99. The molecular weight excluding hydrogens is 475 g/mol. The molecule has 37 heavy (non-hydrogen) atoms. The van der Waals surface area contributed by atoms with Gasteiger partial charge in [0, 0.05) is 30.2 Å². The van der Waals surface area contributed by atoms with E-state index in [4.69, 9.17) is 10.5 Å². The van der Waals surface area contributed by atoms with Crippen LogP contribution in [0.15, 0.2) is 54.9 Å². The fourth-order valence-electron chi connectivity index (χ4n) is 4.61. The van der Waals surface area contributed by atoms with Crippen LogP contribution in [-0.4, -0.2) is 37.9 Å². The summed E-state index contributed by atoms with van der Waals surface area (Å²) in [7, 11) is 1.88. The Balaban J connectivity index is 1.49. The summed E-state index contributed by atoms with van der Waals surface area (Å²) in [6, 6.07) is 12.6. The smallest absolute Gasteiger partial charge is 0.231 e. The molecule has 9 heteroatoms. The Morgan fingerprint density at radius 2 is 1.95 bits per heavy atom. The van der Waals surface area contributed by atoms with Gasteiger partial charge in [-0.2, -0.15) is 0 Å². The first-order chi connectivity index (χ1) is 17.5. The van der Waals surface area contributed by atoms with Crippen molar-refractivity contribution in [2.45, 2.75) is 37.7 Å². The molecule has 0 saturated heterocycles. The van der Waals surface area contributed by atoms with Crippen LogP contribution in [0.1, 0.15) is 48.3 Å². The van der Waals surface area contributed by atoms with Crippen molar-refractivity contribution in [3.63, 3.8) is 0 Å². The molecule has 1 aliphatic heterocycles. The zero-order valence-electron chi connectivity index (χ0n) is 20.8. The Morgan fingerprint density at radius 1 is 1.22 bits per heavy atom. The van der Waals surface area contributed by atoms with Gasteiger partial charge in [0.05, 0.1) is 23.1 Å². The van der Waals surface area contributed by atoms with E-state index in [-0.39, 0.29) is 30.9 Å². The number of carbonyl (C=O) groups is 2. The number of aliphatic hydroxyl groups is 1. The van der Waals surface area contributed by atoms with Gasteiger partial charge in [0.2, 0.25) is 5.91 Å². The summed E-state index contributed by atoms with van der Waals surface area (Å²) in [6.07, 6.45) is 1.82. The minimum Gasteiger partial charge on any atom is -0.489 e. The number of amides is 1. The number of ketones is 1. The van der Waals surface area contributed by atoms with Gasteiger partial charge in [-0.15, -0.1) is 0 Å². The Hall–Kier alpha value is -4.11. The van der Waals surface area contributed by atoms with Crippen molar-refractivity contribution in [1.82, 2.24) is 14.5 Å². The van der Waals surface area contributed by atoms with Crippen molar-refractivity contribution in [3.05, 3.63) is 77.5 Å². The molecule has 3 N–H and O–H groups in total. The first-order valence-corrected chi connectivity index (χ1v) is 11.9. The number of halogens is 1. The number of hydrogen-bond donors (Lipinski definition) is 2. The third-order valence-corrected chi connectivity index (χ3v) is 7.17. The van der Waals surface area contributed by atoms with Gasteiger partial charge in [0.25, 0.3) is 0 Å². The lowest BCUT2D eigenvalue weighted by Crippen LogP contribution is -2.40. The van der Waals surface area contributed by atoms with Crippen molar-refractivity contribution < 1.29 is 23.8 Å². The van der Waals surface area contributed by atoms with Crippen molar-refractivity contribution in [1.29, 1.82) is 0 Å². The molecule has 8 nitrogen and oxygen atoms in total. The van der Waals surface area contributed by atoms with Crippen LogP contribution in [0.4, 0.5) is 4.39 Å². The molecule has 4 aromatic rings. The average molecular weight is 503 g/mol. The molecule has 3 heterocycles. The number of primary amides is 1. The molecule has 190 valence electrons. The molecule has 0 radical (unpaired) electrons. The summed E-state index contributed by atoms with van der Waals surface area (Å²) in [5.74, 6) is -0.757. The monoisotopic (exact) mass is 502 g/mol. The van der Waals surface area contributed by atoms with E-state index in [0.29, 0.717) is 28.1 Å². The molecule has 0 bridgehead atoms. The summed E-state index contributed by atoms with van der Waals surface area (Å²) in [5, 5.41) is 11.5. The number of hydrogen-bond acceptors (Lipinski definition) is 6. The quantitative estimate of drug-likeness (QED) is 0.371. The van der Waals surface area contributed by atoms with E-state index in [0.717, 1.165) is 11.0 Å². The predicted octanol–water partition coefficient (Wildman–Crippen LogP) is 3.78. The molecule has 0 fully saturated rings. The molecule has 0 unspecified atom stereocenters. The van der Waals surface area contributed by atoms with Crippen LogP contribution in [0.3, 0.4) is 0 Å². The second-order valence-electron chi connectivity index (χ2n) is 9.98. The number of Topliss-reactive ketones (excluding diaryl/α,β-unsaturated/α-hetero) is 1. The summed E-state index contributed by atoms with van der Waals surface area (Å²) in [4.78, 5) is 34.3. The van der Waals surface area contributed by atoms with Crippen LogP contribution >= 0.6 is 0 Å². The minimum atomic E-state index is -1.52. The van der Waals surface area contributed by atoms with Gasteiger partial charge >= 0.3 is 0 Å². The Kier molecular flexibility index (Phi) is 5.83. The highest BCUT2D eigenvalue weighted by Gasteiger charge is 2.45. The number of aromatic nitrogens is 3. The van der Waals surface area contributed by atoms with Gasteiger partial charge < -0.3 is 20.1 Å². The number of benzene rings is 2. The number of carbonyl (C=O) groups excluding carboxylic acids is 2. The maximum Gasteiger partial charge on any atom is 0.231 e. The third kappa shape index (κ3) is 4.25. The molecule has 2 atom stereocenters. The summed E-state index contributed by atoms with van der Waals surface area (Å²) < 4.78 is 21.3. The van der Waals surface area contributed by atoms with Crippen molar-refractivity contribution >= 4 is 22.7 Å². The van der Waals surface area contributed by atoms with Crippen LogP contribution in [-0.2, 0) is 22.9 Å². The first kappa shape index (κ1) is 24.6. The maximum atomic E-state index is 13.6. The Morgan fingerprint density at radius 3 is 2.65 bits per heavy atom. The lowest BCUT2D eigenvalue weighted by Gasteiger charge is -2.26. The first-order valence-electron chi connectivity index (χ1n) is 11.9. The highest BCUT2D eigenvalue weighted by atomic mass is 19.1. The second kappa shape index (κ2) is 8.77. The largest absolute Gasteiger partial charge is 0.489 e.